The van der Waals surface area contributed by atoms with E-state index in [2.05, 4.69) is 76.2 Å². The lowest BCUT2D eigenvalue weighted by Crippen LogP contribution is -2.56. The van der Waals surface area contributed by atoms with Gasteiger partial charge in [0.05, 0.1) is 12.2 Å². The second-order valence-corrected chi connectivity index (χ2v) is 17.4. The molecule has 0 aromatic heterocycles. The van der Waals surface area contributed by atoms with Crippen LogP contribution in [0, 0.1) is 0 Å². The highest BCUT2D eigenvalue weighted by molar-refractivity contribution is 9.11. The van der Waals surface area contributed by atoms with Crippen molar-refractivity contribution < 1.29 is 19.2 Å². The monoisotopic (exact) mass is 885 g/mol. The fourth-order valence-corrected chi connectivity index (χ4v) is 9.64. The lowest BCUT2D eigenvalue weighted by Gasteiger charge is -2.42. The van der Waals surface area contributed by atoms with Crippen molar-refractivity contribution in [2.75, 3.05) is 104 Å². The lowest BCUT2D eigenvalue weighted by molar-refractivity contribution is -0.138. The van der Waals surface area contributed by atoms with Crippen LogP contribution < -0.4 is 16.4 Å². The molecule has 0 spiro atoms. The highest BCUT2D eigenvalue weighted by Gasteiger charge is 2.35. The number of fused-ring (bicyclic) bond motifs is 1. The Balaban J connectivity index is 1.03. The predicted octanol–water partition coefficient (Wildman–Crippen LogP) is 3.97. The number of Topliss-reactive ketones (excluding diaryl/α,β-unsaturated/α-hetero) is 1. The molecule has 4 aliphatic heterocycles. The number of piperidine rings is 2. The van der Waals surface area contributed by atoms with E-state index in [4.69, 9.17) is 5.73 Å². The van der Waals surface area contributed by atoms with Crippen molar-refractivity contribution in [1.29, 1.82) is 0 Å². The number of halogens is 2. The Kier molecular flexibility index (Phi) is 14.6. The summed E-state index contributed by atoms with van der Waals surface area (Å²) in [6.07, 6.45) is 5.01. The van der Waals surface area contributed by atoms with Gasteiger partial charge in [-0.3, -0.25) is 24.2 Å². The molecule has 0 bridgehead atoms. The maximum Gasteiger partial charge on any atom is 0.322 e. The lowest BCUT2D eigenvalue weighted by atomic mass is 9.99. The normalized spacial score (nSPS) is 20.2. The molecule has 4 aliphatic rings. The topological polar surface area (TPSA) is 138 Å². The molecule has 2 aromatic rings. The van der Waals surface area contributed by atoms with Gasteiger partial charge < -0.3 is 36.0 Å². The third kappa shape index (κ3) is 11.1. The molecule has 0 saturated carbocycles. The van der Waals surface area contributed by atoms with Crippen molar-refractivity contribution in [3.8, 4) is 0 Å². The number of rotatable bonds is 13. The number of hydrogen-bond acceptors (Lipinski definition) is 9. The molecular weight excluding hydrogens is 830 g/mol. The van der Waals surface area contributed by atoms with Gasteiger partial charge in [-0.25, -0.2) is 4.79 Å². The molecule has 55 heavy (non-hydrogen) atoms. The number of carbonyl (C=O) groups is 4. The van der Waals surface area contributed by atoms with Gasteiger partial charge in [0.15, 0.2) is 5.78 Å². The molecule has 3 saturated heterocycles. The molecular formula is C40H57Br2N9O4. The van der Waals surface area contributed by atoms with Crippen LogP contribution in [-0.2, 0) is 16.0 Å². The van der Waals surface area contributed by atoms with Crippen molar-refractivity contribution in [3.63, 3.8) is 0 Å². The van der Waals surface area contributed by atoms with E-state index in [1.807, 2.05) is 29.2 Å². The maximum atomic E-state index is 14.2. The van der Waals surface area contributed by atoms with Crippen LogP contribution >= 0.6 is 31.9 Å². The Morgan fingerprint density at radius 3 is 2.22 bits per heavy atom. The number of ketones is 1. The van der Waals surface area contributed by atoms with Crippen molar-refractivity contribution >= 4 is 66.9 Å². The third-order valence-electron chi connectivity index (χ3n) is 11.7. The molecule has 4 N–H and O–H groups in total. The number of nitrogens with zero attached hydrogens (tertiary/aromatic N) is 6. The smallest absolute Gasteiger partial charge is 0.322 e. The van der Waals surface area contributed by atoms with E-state index >= 15 is 0 Å². The molecule has 2 aromatic carbocycles. The van der Waals surface area contributed by atoms with Crippen molar-refractivity contribution in [3.05, 3.63) is 56.5 Å². The molecule has 3 fully saturated rings. The van der Waals surface area contributed by atoms with Crippen LogP contribution in [0.1, 0.15) is 54.4 Å². The third-order valence-corrected chi connectivity index (χ3v) is 13.0. The molecule has 6 rings (SSSR count). The Labute approximate surface area is 342 Å². The number of hydrogen-bond donors (Lipinski definition) is 3. The zero-order chi connectivity index (χ0) is 39.1. The number of nitrogens with two attached hydrogens (primary N) is 1. The summed E-state index contributed by atoms with van der Waals surface area (Å²) in [5.74, 6) is -0.804. The van der Waals surface area contributed by atoms with Gasteiger partial charge in [-0.1, -0.05) is 18.2 Å². The zero-order valence-corrected chi connectivity index (χ0v) is 35.5. The van der Waals surface area contributed by atoms with Gasteiger partial charge in [0, 0.05) is 97.6 Å². The molecule has 1 unspecified atom stereocenters. The second-order valence-electron chi connectivity index (χ2n) is 15.7. The minimum atomic E-state index is -1.02. The number of nitrogens with one attached hydrogen (secondary N) is 2. The molecule has 0 aliphatic carbocycles. The van der Waals surface area contributed by atoms with Gasteiger partial charge in [0.25, 0.3) is 0 Å². The minimum Gasteiger partial charge on any atom is -0.397 e. The minimum absolute atomic E-state index is 0.0163. The van der Waals surface area contributed by atoms with E-state index in [1.165, 1.54) is 6.42 Å². The maximum absolute atomic E-state index is 14.2. The van der Waals surface area contributed by atoms with Crippen molar-refractivity contribution in [2.24, 2.45) is 0 Å². The van der Waals surface area contributed by atoms with Gasteiger partial charge in [0.2, 0.25) is 11.8 Å². The average molecular weight is 888 g/mol. The van der Waals surface area contributed by atoms with E-state index in [-0.39, 0.29) is 42.6 Å². The van der Waals surface area contributed by atoms with Crippen molar-refractivity contribution in [1.82, 2.24) is 34.7 Å². The van der Waals surface area contributed by atoms with Crippen molar-refractivity contribution in [2.45, 2.75) is 63.1 Å². The number of amides is 4. The first-order valence-electron chi connectivity index (χ1n) is 19.8. The highest BCUT2D eigenvalue weighted by atomic mass is 79.9. The number of urea groups is 1. The van der Waals surface area contributed by atoms with Gasteiger partial charge in [-0.05, 0) is 121 Å². The van der Waals surface area contributed by atoms with E-state index in [0.29, 0.717) is 58.7 Å². The summed E-state index contributed by atoms with van der Waals surface area (Å²) in [5.41, 5.74) is 8.90. The van der Waals surface area contributed by atoms with Crippen LogP contribution in [0.25, 0.3) is 0 Å². The molecule has 4 amide bonds. The van der Waals surface area contributed by atoms with E-state index in [0.717, 1.165) is 82.9 Å². The standard InChI is InChI=1S/C40H57Br2N9O4/c1-46(2)13-5-14-47-20-22-49(23-21-47)30-9-15-48(16-10-30)27-37(53)44-35(26-36(52)29-24-32(41)38(43)33(42)25-29)39(54)50-17-11-31(12-18-50)51-19-8-28-6-3-4-7-34(28)45-40(51)55/h3-4,6-7,24-25,30-31,35H,5,8-23,26-27,43H2,1-2H3,(H,44,53)(H,45,55). The fourth-order valence-electron chi connectivity index (χ4n) is 8.45. The van der Waals surface area contributed by atoms with E-state index in [9.17, 15) is 19.2 Å². The SMILES string of the molecule is CN(C)CCCN1CCN(C2CCN(CC(=O)NC(CC(=O)c3cc(Br)c(N)c(Br)c3)C(=O)N3CCC(N4CCc5ccccc5NC4=O)CC3)CC2)CC1. The molecule has 0 radical (unpaired) electrons. The molecule has 15 heteroatoms. The quantitative estimate of drug-likeness (QED) is 0.202. The van der Waals surface area contributed by atoms with E-state index < -0.39 is 6.04 Å². The average Bonchev–Trinajstić information content (AvgIpc) is 3.34. The number of anilines is 2. The second kappa shape index (κ2) is 19.4. The van der Waals surface area contributed by atoms with Gasteiger partial charge in [-0.15, -0.1) is 0 Å². The summed E-state index contributed by atoms with van der Waals surface area (Å²) < 4.78 is 1.15. The summed E-state index contributed by atoms with van der Waals surface area (Å²) in [4.78, 5) is 67.9. The molecule has 13 nitrogen and oxygen atoms in total. The fraction of sp³-hybridized carbons (Fsp3) is 0.600. The van der Waals surface area contributed by atoms with Crippen LogP contribution in [0.3, 0.4) is 0 Å². The number of para-hydroxylation sites is 1. The molecule has 300 valence electrons. The summed E-state index contributed by atoms with van der Waals surface area (Å²) >= 11 is 6.85. The Morgan fingerprint density at radius 1 is 0.891 bits per heavy atom. The number of likely N-dealkylation sites (tertiary alicyclic amines) is 2. The predicted molar refractivity (Wildman–Crippen MR) is 223 cm³/mol. The number of piperazine rings is 1. The number of nitrogen functional groups attached to an aromatic ring is 1. The Morgan fingerprint density at radius 2 is 1.55 bits per heavy atom. The molecule has 4 heterocycles. The van der Waals surface area contributed by atoms with Crippen LogP contribution in [-0.4, -0.2) is 164 Å². The van der Waals surface area contributed by atoms with Crippen LogP contribution in [0.15, 0.2) is 45.3 Å². The first-order chi connectivity index (χ1) is 26.4. The summed E-state index contributed by atoms with van der Waals surface area (Å²) in [7, 11) is 4.25. The van der Waals surface area contributed by atoms with Crippen LogP contribution in [0.4, 0.5) is 16.2 Å². The van der Waals surface area contributed by atoms with Gasteiger partial charge in [0.1, 0.15) is 6.04 Å². The summed E-state index contributed by atoms with van der Waals surface area (Å²) in [6.45, 7) is 9.91. The van der Waals surface area contributed by atoms with E-state index in [1.54, 1.807) is 17.0 Å². The highest BCUT2D eigenvalue weighted by Crippen LogP contribution is 2.31. The summed E-state index contributed by atoms with van der Waals surface area (Å²) in [6, 6.07) is 10.5. The van der Waals surface area contributed by atoms with Crippen LogP contribution in [0.2, 0.25) is 0 Å². The first kappa shape index (κ1) is 41.6. The molecule has 1 atom stereocenters. The zero-order valence-electron chi connectivity index (χ0n) is 32.3. The van der Waals surface area contributed by atoms with Crippen LogP contribution in [0.5, 0.6) is 0 Å². The largest absolute Gasteiger partial charge is 0.397 e. The number of benzene rings is 2. The first-order valence-corrected chi connectivity index (χ1v) is 21.4. The van der Waals surface area contributed by atoms with Gasteiger partial charge in [-0.2, -0.15) is 0 Å². The number of carbonyl (C=O) groups excluding carboxylic acids is 4. The Bertz CT molecular complexity index is 1650. The Hall–Kier alpha value is -3.08. The van der Waals surface area contributed by atoms with Gasteiger partial charge >= 0.3 is 6.03 Å². The summed E-state index contributed by atoms with van der Waals surface area (Å²) in [5, 5.41) is 6.02.